The van der Waals surface area contributed by atoms with Gasteiger partial charge in [-0.3, -0.25) is 19.4 Å². The van der Waals surface area contributed by atoms with Crippen LogP contribution in [0.1, 0.15) is 36.1 Å². The predicted octanol–water partition coefficient (Wildman–Crippen LogP) is 6.12. The molecule has 1 fully saturated rings. The maximum atomic E-state index is 14.7. The van der Waals surface area contributed by atoms with Gasteiger partial charge in [-0.2, -0.15) is 0 Å². The maximum absolute atomic E-state index is 14.7. The smallest absolute Gasteiger partial charge is 0.406 e. The Morgan fingerprint density at radius 3 is 2.50 bits per heavy atom. The molecule has 1 aliphatic heterocycles. The molecule has 0 saturated carbocycles. The molecule has 246 valence electrons. The zero-order valence-corrected chi connectivity index (χ0v) is 26.1. The van der Waals surface area contributed by atoms with Crippen LogP contribution in [0.4, 0.5) is 13.2 Å². The van der Waals surface area contributed by atoms with Crippen molar-refractivity contribution in [1.29, 1.82) is 0 Å². The molecule has 3 atom stereocenters. The molecule has 0 bridgehead atoms. The van der Waals surface area contributed by atoms with Crippen LogP contribution in [0.2, 0.25) is 0 Å². The molecule has 6 rings (SSSR count). The minimum Gasteiger partial charge on any atom is -0.406 e. The fourth-order valence-corrected chi connectivity index (χ4v) is 6.53. The van der Waals surface area contributed by atoms with Gasteiger partial charge in [-0.15, -0.1) is 13.2 Å². The highest BCUT2D eigenvalue weighted by atomic mass is 19.4. The number of hydrogen-bond acceptors (Lipinski definition) is 5. The average molecular weight is 655 g/mol. The van der Waals surface area contributed by atoms with E-state index in [0.29, 0.717) is 12.0 Å². The molecular formula is C37H33F3N4O4. The Balaban J connectivity index is 1.40. The number of aromatic nitrogens is 1. The van der Waals surface area contributed by atoms with Crippen molar-refractivity contribution in [3.8, 4) is 5.75 Å². The van der Waals surface area contributed by atoms with Gasteiger partial charge in [0, 0.05) is 30.6 Å². The van der Waals surface area contributed by atoms with Gasteiger partial charge in [0.2, 0.25) is 11.8 Å². The van der Waals surface area contributed by atoms with Crippen LogP contribution in [-0.2, 0) is 27.2 Å². The zero-order valence-electron chi connectivity index (χ0n) is 26.1. The summed E-state index contributed by atoms with van der Waals surface area (Å²) in [5.41, 5.74) is 8.32. The van der Waals surface area contributed by atoms with Gasteiger partial charge in [-0.05, 0) is 71.1 Å². The number of alkyl halides is 3. The number of nitrogens with two attached hydrogens (primary N) is 1. The molecule has 48 heavy (non-hydrogen) atoms. The highest BCUT2D eigenvalue weighted by Gasteiger charge is 2.43. The van der Waals surface area contributed by atoms with E-state index >= 15 is 0 Å². The maximum Gasteiger partial charge on any atom is 0.573 e. The van der Waals surface area contributed by atoms with E-state index in [0.717, 1.165) is 39.4 Å². The average Bonchev–Trinajstić information content (AvgIpc) is 3.18. The molecule has 11 heteroatoms. The number of carbonyl (C=O) groups excluding carboxylic acids is 3. The number of ether oxygens (including phenoxy) is 1. The number of benzene rings is 4. The van der Waals surface area contributed by atoms with Gasteiger partial charge in [-0.1, -0.05) is 66.7 Å². The van der Waals surface area contributed by atoms with Crippen LogP contribution >= 0.6 is 0 Å². The minimum absolute atomic E-state index is 0.0764. The topological polar surface area (TPSA) is 106 Å². The van der Waals surface area contributed by atoms with Crippen molar-refractivity contribution in [1.82, 2.24) is 14.8 Å². The van der Waals surface area contributed by atoms with Crippen LogP contribution in [0.15, 0.2) is 103 Å². The molecule has 4 aromatic carbocycles. The van der Waals surface area contributed by atoms with Crippen molar-refractivity contribution in [2.24, 2.45) is 5.73 Å². The Bertz CT molecular complexity index is 1990. The summed E-state index contributed by atoms with van der Waals surface area (Å²) in [7, 11) is 0. The summed E-state index contributed by atoms with van der Waals surface area (Å²) in [6.07, 6.45) is -2.97. The van der Waals surface area contributed by atoms with Gasteiger partial charge >= 0.3 is 6.36 Å². The Labute approximate surface area is 274 Å². The number of halogens is 3. The summed E-state index contributed by atoms with van der Waals surface area (Å²) in [6.45, 7) is 1.88. The van der Waals surface area contributed by atoms with Crippen LogP contribution in [-0.4, -0.2) is 57.5 Å². The Kier molecular flexibility index (Phi) is 9.03. The molecule has 0 radical (unpaired) electrons. The third-order valence-electron chi connectivity index (χ3n) is 8.77. The van der Waals surface area contributed by atoms with E-state index in [9.17, 15) is 27.6 Å². The lowest BCUT2D eigenvalue weighted by Crippen LogP contribution is -2.52. The minimum atomic E-state index is -4.97. The fraction of sp³-hybridized carbons (Fsp3) is 0.243. The van der Waals surface area contributed by atoms with E-state index in [4.69, 9.17) is 5.73 Å². The van der Waals surface area contributed by atoms with E-state index in [-0.39, 0.29) is 24.9 Å². The van der Waals surface area contributed by atoms with Gasteiger partial charge in [0.05, 0.1) is 11.9 Å². The number of primary amides is 1. The molecule has 3 amide bonds. The van der Waals surface area contributed by atoms with Crippen molar-refractivity contribution >= 4 is 39.4 Å². The highest BCUT2D eigenvalue weighted by molar-refractivity contribution is 5.94. The molecule has 0 spiro atoms. The molecular weight excluding hydrogens is 621 g/mol. The van der Waals surface area contributed by atoms with Crippen LogP contribution in [0.3, 0.4) is 0 Å². The summed E-state index contributed by atoms with van der Waals surface area (Å²) >= 11 is 0. The summed E-state index contributed by atoms with van der Waals surface area (Å²) in [5.74, 6) is -2.30. The van der Waals surface area contributed by atoms with E-state index < -0.39 is 48.0 Å². The molecule has 2 N–H and O–H groups in total. The van der Waals surface area contributed by atoms with Crippen molar-refractivity contribution in [3.05, 3.63) is 120 Å². The van der Waals surface area contributed by atoms with E-state index in [1.54, 1.807) is 31.3 Å². The summed E-state index contributed by atoms with van der Waals surface area (Å²) in [6, 6.07) is 24.5. The largest absolute Gasteiger partial charge is 0.573 e. The normalized spacial score (nSPS) is 17.7. The lowest BCUT2D eigenvalue weighted by Gasteiger charge is -2.36. The lowest BCUT2D eigenvalue weighted by atomic mass is 9.96. The molecule has 5 aromatic rings. The number of hydrogen-bond donors (Lipinski definition) is 1. The number of nitrogens with zero attached hydrogens (tertiary/aromatic N) is 3. The van der Waals surface area contributed by atoms with Crippen molar-refractivity contribution in [3.63, 3.8) is 0 Å². The van der Waals surface area contributed by atoms with E-state index in [1.807, 2.05) is 54.6 Å². The highest BCUT2D eigenvalue weighted by Crippen LogP contribution is 2.35. The summed E-state index contributed by atoms with van der Waals surface area (Å²) in [5, 5.41) is 2.69. The zero-order chi connectivity index (χ0) is 34.0. The lowest BCUT2D eigenvalue weighted by molar-refractivity contribution is -0.274. The van der Waals surface area contributed by atoms with Gasteiger partial charge in [0.15, 0.2) is 0 Å². The van der Waals surface area contributed by atoms with Crippen molar-refractivity contribution in [2.45, 2.75) is 50.7 Å². The summed E-state index contributed by atoms with van der Waals surface area (Å²) < 4.78 is 43.9. The van der Waals surface area contributed by atoms with Gasteiger partial charge in [0.1, 0.15) is 17.8 Å². The quantitative estimate of drug-likeness (QED) is 0.217. The SMILES string of the molecule is CC1CCN(C(Cc2cccc3ccccc23)C(N)=O)C(=O)C(c2cccc(OC(F)(F)F)c2)N1C(=O)Cc1ccc2ncccc2c1. The Morgan fingerprint density at radius 2 is 1.71 bits per heavy atom. The Hall–Kier alpha value is -5.45. The molecule has 1 saturated heterocycles. The van der Waals surface area contributed by atoms with Crippen LogP contribution in [0.25, 0.3) is 21.7 Å². The van der Waals surface area contributed by atoms with Gasteiger partial charge < -0.3 is 20.3 Å². The monoisotopic (exact) mass is 654 g/mol. The molecule has 8 nitrogen and oxygen atoms in total. The number of carbonyl (C=O) groups is 3. The first-order valence-electron chi connectivity index (χ1n) is 15.6. The molecule has 0 aliphatic carbocycles. The van der Waals surface area contributed by atoms with E-state index in [1.165, 1.54) is 21.9 Å². The predicted molar refractivity (Wildman–Crippen MR) is 175 cm³/mol. The second-order valence-electron chi connectivity index (χ2n) is 12.0. The standard InChI is InChI=1S/C37H33F3N4O4/c1-23-16-18-43(32(35(41)46)22-26-9-4-8-25-7-2-3-13-30(25)26)36(47)34(28-10-5-12-29(21-28)48-37(38,39)40)44(23)33(45)20-24-14-15-31-27(19-24)11-6-17-42-31/h2-15,17,19,21,23,32,34H,16,18,20,22H2,1H3,(H2,41,46). The second-order valence-corrected chi connectivity index (χ2v) is 12.0. The Morgan fingerprint density at radius 1 is 0.958 bits per heavy atom. The third-order valence-corrected chi connectivity index (χ3v) is 8.77. The second kappa shape index (κ2) is 13.3. The molecule has 1 aliphatic rings. The first-order chi connectivity index (χ1) is 23.0. The van der Waals surface area contributed by atoms with Crippen LogP contribution in [0.5, 0.6) is 5.75 Å². The van der Waals surface area contributed by atoms with E-state index in [2.05, 4.69) is 9.72 Å². The first kappa shape index (κ1) is 32.5. The molecule has 1 aromatic heterocycles. The summed E-state index contributed by atoms with van der Waals surface area (Å²) in [4.78, 5) is 49.1. The number of fused-ring (bicyclic) bond motifs is 2. The van der Waals surface area contributed by atoms with Gasteiger partial charge in [0.25, 0.3) is 5.91 Å². The number of rotatable bonds is 8. The van der Waals surface area contributed by atoms with Crippen LogP contribution < -0.4 is 10.5 Å². The van der Waals surface area contributed by atoms with Crippen LogP contribution in [0, 0.1) is 0 Å². The van der Waals surface area contributed by atoms with Crippen molar-refractivity contribution < 1.29 is 32.3 Å². The van der Waals surface area contributed by atoms with Gasteiger partial charge in [-0.25, -0.2) is 0 Å². The third kappa shape index (κ3) is 6.95. The fourth-order valence-electron chi connectivity index (χ4n) is 6.53. The molecule has 2 heterocycles. The van der Waals surface area contributed by atoms with Crippen molar-refractivity contribution in [2.75, 3.05) is 6.54 Å². The number of pyridine rings is 1. The number of amides is 3. The molecule has 3 unspecified atom stereocenters. The first-order valence-corrected chi connectivity index (χ1v) is 15.6.